The molecule has 0 aliphatic heterocycles. The fraction of sp³-hybridized carbons (Fsp3) is 0.909. The van der Waals surface area contributed by atoms with Crippen molar-refractivity contribution in [2.45, 2.75) is 58.3 Å². The van der Waals surface area contributed by atoms with Crippen LogP contribution in [0.25, 0.3) is 0 Å². The molecule has 0 spiro atoms. The summed E-state index contributed by atoms with van der Waals surface area (Å²) in [4.78, 5) is 11.2. The minimum atomic E-state index is -4.53. The van der Waals surface area contributed by atoms with Crippen molar-refractivity contribution in [3.05, 3.63) is 0 Å². The Hall–Kier alpha value is 0.540. The Bertz CT molecular complexity index is 303. The molecule has 0 radical (unpaired) electrons. The molecule has 0 saturated carbocycles. The Morgan fingerprint density at radius 2 is 1.61 bits per heavy atom. The van der Waals surface area contributed by atoms with Gasteiger partial charge in [-0.1, -0.05) is 26.2 Å². The van der Waals surface area contributed by atoms with Gasteiger partial charge in [0.2, 0.25) is 10.4 Å². The monoisotopic (exact) mass is 288 g/mol. The summed E-state index contributed by atoms with van der Waals surface area (Å²) in [6.07, 6.45) is 6.36. The van der Waals surface area contributed by atoms with Gasteiger partial charge < -0.3 is 4.55 Å². The second-order valence-electron chi connectivity index (χ2n) is 4.04. The van der Waals surface area contributed by atoms with Crippen LogP contribution < -0.4 is 29.6 Å². The van der Waals surface area contributed by atoms with Crippen molar-refractivity contribution in [3.63, 3.8) is 0 Å². The summed E-state index contributed by atoms with van der Waals surface area (Å²) in [6, 6.07) is 0. The molecule has 0 aliphatic carbocycles. The van der Waals surface area contributed by atoms with E-state index in [0.717, 1.165) is 32.1 Å². The SMILES string of the molecule is CCCC(=O)CCCCCCCOS(=O)(=O)[O-].[Na+]. The zero-order chi connectivity index (χ0) is 13.1. The van der Waals surface area contributed by atoms with E-state index in [2.05, 4.69) is 4.18 Å². The Morgan fingerprint density at radius 1 is 1.06 bits per heavy atom. The molecule has 0 bridgehead atoms. The number of rotatable bonds is 11. The van der Waals surface area contributed by atoms with Crippen LogP contribution in [0.4, 0.5) is 0 Å². The van der Waals surface area contributed by atoms with Crippen LogP contribution in [0.5, 0.6) is 0 Å². The molecule has 0 rings (SSSR count). The zero-order valence-electron chi connectivity index (χ0n) is 11.3. The smallest absolute Gasteiger partial charge is 0.726 e. The molecule has 0 heterocycles. The molecule has 0 aliphatic rings. The first-order valence-corrected chi connectivity index (χ1v) is 7.41. The van der Waals surface area contributed by atoms with Gasteiger partial charge in [0.1, 0.15) is 5.78 Å². The number of carbonyl (C=O) groups excluding carboxylic acids is 1. The van der Waals surface area contributed by atoms with Crippen LogP contribution >= 0.6 is 0 Å². The molecule has 0 amide bonds. The molecule has 0 fully saturated rings. The predicted octanol–water partition coefficient (Wildman–Crippen LogP) is -0.823. The molecular formula is C11H21NaO5S. The molecule has 0 aromatic heterocycles. The van der Waals surface area contributed by atoms with E-state index in [1.54, 1.807) is 0 Å². The quantitative estimate of drug-likeness (QED) is 0.215. The van der Waals surface area contributed by atoms with Crippen LogP contribution in [-0.4, -0.2) is 25.4 Å². The molecule has 7 heteroatoms. The maximum atomic E-state index is 11.2. The Balaban J connectivity index is 0. The standard InChI is InChI=1S/C11H22O5S.Na/c1-2-8-11(12)9-6-4-3-5-7-10-16-17(13,14)15;/h2-10H2,1H3,(H,13,14,15);/q;+1/p-1. The minimum Gasteiger partial charge on any atom is -0.726 e. The average molecular weight is 288 g/mol. The topological polar surface area (TPSA) is 83.5 Å². The first-order chi connectivity index (χ1) is 7.95. The van der Waals surface area contributed by atoms with E-state index in [-0.39, 0.29) is 36.2 Å². The van der Waals surface area contributed by atoms with E-state index in [0.29, 0.717) is 25.0 Å². The first-order valence-electron chi connectivity index (χ1n) is 6.07. The average Bonchev–Trinajstić information content (AvgIpc) is 2.21. The van der Waals surface area contributed by atoms with Crippen molar-refractivity contribution >= 4 is 16.2 Å². The summed E-state index contributed by atoms with van der Waals surface area (Å²) in [5.74, 6) is 0.313. The van der Waals surface area contributed by atoms with Crippen LogP contribution in [0.3, 0.4) is 0 Å². The van der Waals surface area contributed by atoms with Crippen LogP contribution in [0.15, 0.2) is 0 Å². The molecule has 5 nitrogen and oxygen atoms in total. The van der Waals surface area contributed by atoms with E-state index in [1.807, 2.05) is 6.92 Å². The molecule has 0 aromatic carbocycles. The summed E-state index contributed by atoms with van der Waals surface area (Å²) in [7, 11) is -4.53. The summed E-state index contributed by atoms with van der Waals surface area (Å²) in [6.45, 7) is 1.95. The van der Waals surface area contributed by atoms with Gasteiger partial charge in [0.05, 0.1) is 6.61 Å². The first kappa shape index (κ1) is 20.8. The predicted molar refractivity (Wildman–Crippen MR) is 63.3 cm³/mol. The summed E-state index contributed by atoms with van der Waals surface area (Å²) in [5, 5.41) is 0. The third kappa shape index (κ3) is 16.5. The normalized spacial score (nSPS) is 11.0. The number of carbonyl (C=O) groups is 1. The molecular weight excluding hydrogens is 267 g/mol. The maximum Gasteiger partial charge on any atom is 1.00 e. The van der Waals surface area contributed by atoms with Crippen molar-refractivity contribution < 1.29 is 51.5 Å². The van der Waals surface area contributed by atoms with E-state index in [9.17, 15) is 17.8 Å². The number of ketones is 1. The van der Waals surface area contributed by atoms with Gasteiger partial charge in [-0.15, -0.1) is 0 Å². The van der Waals surface area contributed by atoms with Crippen LogP contribution in [0.2, 0.25) is 0 Å². The Kier molecular flexibility index (Phi) is 14.6. The number of hydrogen-bond donors (Lipinski definition) is 0. The Labute approximate surface area is 132 Å². The number of unbranched alkanes of at least 4 members (excludes halogenated alkanes) is 4. The number of hydrogen-bond acceptors (Lipinski definition) is 5. The van der Waals surface area contributed by atoms with Crippen LogP contribution in [-0.2, 0) is 19.4 Å². The molecule has 0 saturated heterocycles. The third-order valence-corrected chi connectivity index (χ3v) is 2.81. The molecule has 0 unspecified atom stereocenters. The molecule has 0 N–H and O–H groups in total. The van der Waals surface area contributed by atoms with E-state index >= 15 is 0 Å². The summed E-state index contributed by atoms with van der Waals surface area (Å²) >= 11 is 0. The molecule has 102 valence electrons. The second kappa shape index (κ2) is 12.6. The molecule has 0 atom stereocenters. The van der Waals surface area contributed by atoms with Crippen molar-refractivity contribution in [2.24, 2.45) is 0 Å². The fourth-order valence-corrected chi connectivity index (χ4v) is 1.84. The molecule has 18 heavy (non-hydrogen) atoms. The molecule has 0 aromatic rings. The van der Waals surface area contributed by atoms with Gasteiger partial charge in [-0.25, -0.2) is 8.42 Å². The van der Waals surface area contributed by atoms with Crippen molar-refractivity contribution in [2.75, 3.05) is 6.61 Å². The summed E-state index contributed by atoms with van der Waals surface area (Å²) < 4.78 is 34.3. The van der Waals surface area contributed by atoms with Crippen LogP contribution in [0, 0.1) is 0 Å². The number of Topliss-reactive ketones (excluding diaryl/α,β-unsaturated/α-hetero) is 1. The van der Waals surface area contributed by atoms with Gasteiger partial charge in [-0.3, -0.25) is 8.98 Å². The Morgan fingerprint density at radius 3 is 2.17 bits per heavy atom. The maximum absolute atomic E-state index is 11.2. The van der Waals surface area contributed by atoms with E-state index in [1.165, 1.54) is 0 Å². The van der Waals surface area contributed by atoms with E-state index in [4.69, 9.17) is 0 Å². The van der Waals surface area contributed by atoms with Crippen molar-refractivity contribution in [1.82, 2.24) is 0 Å². The third-order valence-electron chi connectivity index (χ3n) is 2.36. The summed E-state index contributed by atoms with van der Waals surface area (Å²) in [5.41, 5.74) is 0. The van der Waals surface area contributed by atoms with Gasteiger partial charge in [-0.2, -0.15) is 0 Å². The van der Waals surface area contributed by atoms with E-state index < -0.39 is 10.4 Å². The van der Waals surface area contributed by atoms with Gasteiger partial charge in [0.15, 0.2) is 0 Å². The van der Waals surface area contributed by atoms with Crippen LogP contribution in [0.1, 0.15) is 58.3 Å². The van der Waals surface area contributed by atoms with Gasteiger partial charge in [0, 0.05) is 12.8 Å². The second-order valence-corrected chi connectivity index (χ2v) is 5.09. The largest absolute Gasteiger partial charge is 1.00 e. The fourth-order valence-electron chi connectivity index (χ4n) is 1.52. The van der Waals surface area contributed by atoms with Crippen molar-refractivity contribution in [1.29, 1.82) is 0 Å². The van der Waals surface area contributed by atoms with Gasteiger partial charge >= 0.3 is 29.6 Å². The zero-order valence-corrected chi connectivity index (χ0v) is 14.1. The minimum absolute atomic E-state index is 0. The van der Waals surface area contributed by atoms with Gasteiger partial charge in [-0.05, 0) is 19.3 Å². The van der Waals surface area contributed by atoms with Gasteiger partial charge in [0.25, 0.3) is 0 Å². The van der Waals surface area contributed by atoms with Crippen molar-refractivity contribution in [3.8, 4) is 0 Å².